The molecular formula is C31H36BrN5O6S. The number of ether oxygens (including phenoxy) is 1. The largest absolute Gasteiger partial charge is 0.357 e. The number of rotatable bonds is 17. The standard InChI is InChI=1S/C31H36BrN5O6S/c1-21-10-11-25(44-21)13-23-8-5-9-24(12-23)19-43-20-36-29(40)17-35-31(42)26(14-22-6-3-2-4-7-22)37-30(41)18-34-28(39)16-33-27(38)15-32/h2-12,26H,13-20H2,1H3,(H,33,38)(H,34,39)(H,35,42)(H,36,40)(H,37,41)/t26-/m0/s1. The van der Waals surface area contributed by atoms with Gasteiger partial charge in [-0.2, -0.15) is 0 Å². The summed E-state index contributed by atoms with van der Waals surface area (Å²) in [5.74, 6) is -2.55. The third-order valence-electron chi connectivity index (χ3n) is 6.18. The Morgan fingerprint density at radius 1 is 0.750 bits per heavy atom. The van der Waals surface area contributed by atoms with Crippen LogP contribution in [-0.4, -0.2) is 67.3 Å². The SMILES string of the molecule is Cc1ccc(Cc2cccc(COCNC(=O)CNC(=O)[C@H](Cc3ccccc3)NC(=O)CNC(=O)CNC(=O)CBr)c2)s1. The first-order valence-corrected chi connectivity index (χ1v) is 15.8. The van der Waals surface area contributed by atoms with Gasteiger partial charge in [-0.15, -0.1) is 11.3 Å². The molecule has 0 bridgehead atoms. The van der Waals surface area contributed by atoms with Gasteiger partial charge >= 0.3 is 0 Å². The minimum absolute atomic E-state index is 0.0387. The van der Waals surface area contributed by atoms with Crippen molar-refractivity contribution in [3.8, 4) is 0 Å². The second kappa shape index (κ2) is 18.6. The molecule has 3 aromatic rings. The Morgan fingerprint density at radius 3 is 2.14 bits per heavy atom. The molecule has 2 aromatic carbocycles. The predicted octanol–water partition coefficient (Wildman–Crippen LogP) is 1.71. The lowest BCUT2D eigenvalue weighted by Gasteiger charge is -2.19. The van der Waals surface area contributed by atoms with Crippen molar-refractivity contribution in [3.63, 3.8) is 0 Å². The second-order valence-electron chi connectivity index (χ2n) is 9.82. The maximum absolute atomic E-state index is 12.9. The van der Waals surface area contributed by atoms with Gasteiger partial charge in [-0.3, -0.25) is 24.0 Å². The molecular weight excluding hydrogens is 650 g/mol. The Morgan fingerprint density at radius 2 is 1.41 bits per heavy atom. The van der Waals surface area contributed by atoms with Crippen molar-refractivity contribution < 1.29 is 28.7 Å². The van der Waals surface area contributed by atoms with E-state index in [4.69, 9.17) is 4.74 Å². The Hall–Kier alpha value is -4.07. The number of thiophene rings is 1. The summed E-state index contributed by atoms with van der Waals surface area (Å²) in [6, 6.07) is 20.4. The molecule has 1 atom stereocenters. The molecule has 0 saturated heterocycles. The van der Waals surface area contributed by atoms with Gasteiger partial charge < -0.3 is 31.3 Å². The summed E-state index contributed by atoms with van der Waals surface area (Å²) in [5.41, 5.74) is 2.96. The molecule has 0 fully saturated rings. The van der Waals surface area contributed by atoms with Gasteiger partial charge in [0.15, 0.2) is 0 Å². The van der Waals surface area contributed by atoms with Crippen LogP contribution in [-0.2, 0) is 48.2 Å². The number of amides is 5. The van der Waals surface area contributed by atoms with Crippen molar-refractivity contribution in [3.05, 3.63) is 93.2 Å². The molecule has 0 radical (unpaired) electrons. The first kappa shape index (κ1) is 34.4. The molecule has 0 unspecified atom stereocenters. The fraction of sp³-hybridized carbons (Fsp3) is 0.323. The summed E-state index contributed by atoms with van der Waals surface area (Å²) < 4.78 is 5.61. The van der Waals surface area contributed by atoms with Gasteiger partial charge in [0.05, 0.1) is 31.6 Å². The van der Waals surface area contributed by atoms with Gasteiger partial charge in [0.1, 0.15) is 12.8 Å². The smallest absolute Gasteiger partial charge is 0.243 e. The van der Waals surface area contributed by atoms with E-state index in [2.05, 4.69) is 73.7 Å². The van der Waals surface area contributed by atoms with Crippen molar-refractivity contribution in [2.24, 2.45) is 0 Å². The zero-order chi connectivity index (χ0) is 31.7. The highest BCUT2D eigenvalue weighted by Crippen LogP contribution is 2.19. The summed E-state index contributed by atoms with van der Waals surface area (Å²) in [4.78, 5) is 63.5. The van der Waals surface area contributed by atoms with Crippen LogP contribution in [0.2, 0.25) is 0 Å². The van der Waals surface area contributed by atoms with Crippen molar-refractivity contribution in [1.29, 1.82) is 0 Å². The van der Waals surface area contributed by atoms with Gasteiger partial charge in [0.25, 0.3) is 0 Å². The molecule has 44 heavy (non-hydrogen) atoms. The minimum atomic E-state index is -0.996. The van der Waals surface area contributed by atoms with Crippen LogP contribution < -0.4 is 26.6 Å². The van der Waals surface area contributed by atoms with Crippen LogP contribution >= 0.6 is 27.3 Å². The first-order chi connectivity index (χ1) is 21.2. The highest BCUT2D eigenvalue weighted by atomic mass is 79.9. The Kier molecular flexibility index (Phi) is 14.5. The van der Waals surface area contributed by atoms with Crippen LogP contribution in [0.3, 0.4) is 0 Å². The minimum Gasteiger partial charge on any atom is -0.357 e. The molecule has 0 aliphatic carbocycles. The van der Waals surface area contributed by atoms with Gasteiger partial charge in [0.2, 0.25) is 29.5 Å². The molecule has 5 N–H and O–H groups in total. The number of aryl methyl sites for hydroxylation is 1. The van der Waals surface area contributed by atoms with Crippen LogP contribution in [0.5, 0.6) is 0 Å². The average Bonchev–Trinajstić information content (AvgIpc) is 3.44. The molecule has 5 amide bonds. The molecule has 0 aliphatic rings. The number of alkyl halides is 1. The fourth-order valence-electron chi connectivity index (χ4n) is 4.04. The van der Waals surface area contributed by atoms with Gasteiger partial charge in [-0.05, 0) is 35.7 Å². The van der Waals surface area contributed by atoms with Gasteiger partial charge in [-0.25, -0.2) is 0 Å². The number of carbonyl (C=O) groups is 5. The molecule has 1 heterocycles. The number of halogens is 1. The quantitative estimate of drug-likeness (QED) is 0.0828. The summed E-state index contributed by atoms with van der Waals surface area (Å²) >= 11 is 4.75. The molecule has 3 rings (SSSR count). The van der Waals surface area contributed by atoms with Crippen LogP contribution in [0.15, 0.2) is 66.7 Å². The highest BCUT2D eigenvalue weighted by molar-refractivity contribution is 9.09. The lowest BCUT2D eigenvalue weighted by atomic mass is 10.1. The van der Waals surface area contributed by atoms with E-state index in [1.165, 1.54) is 15.3 Å². The third kappa shape index (κ3) is 13.1. The fourth-order valence-corrected chi connectivity index (χ4v) is 5.16. The van der Waals surface area contributed by atoms with E-state index in [9.17, 15) is 24.0 Å². The first-order valence-electron chi connectivity index (χ1n) is 13.9. The second-order valence-corrected chi connectivity index (χ2v) is 11.7. The summed E-state index contributed by atoms with van der Waals surface area (Å²) in [6.07, 6.45) is 1.02. The molecule has 1 aromatic heterocycles. The van der Waals surface area contributed by atoms with Crippen LogP contribution in [0.25, 0.3) is 0 Å². The lowest BCUT2D eigenvalue weighted by Crippen LogP contribution is -2.52. The third-order valence-corrected chi connectivity index (χ3v) is 7.69. The molecule has 13 heteroatoms. The predicted molar refractivity (Wildman–Crippen MR) is 171 cm³/mol. The number of carbonyl (C=O) groups excluding carboxylic acids is 5. The van der Waals surface area contributed by atoms with Crippen LogP contribution in [0, 0.1) is 6.92 Å². The lowest BCUT2D eigenvalue weighted by molar-refractivity contribution is -0.131. The molecule has 0 aliphatic heterocycles. The summed E-state index contributed by atoms with van der Waals surface area (Å²) in [6.45, 7) is 1.37. The van der Waals surface area contributed by atoms with E-state index in [0.29, 0.717) is 6.61 Å². The Balaban J connectivity index is 1.42. The topological polar surface area (TPSA) is 155 Å². The molecule has 0 saturated carbocycles. The number of hydrogen-bond donors (Lipinski definition) is 5. The monoisotopic (exact) mass is 685 g/mol. The van der Waals surface area contributed by atoms with E-state index >= 15 is 0 Å². The zero-order valence-corrected chi connectivity index (χ0v) is 26.7. The highest BCUT2D eigenvalue weighted by Gasteiger charge is 2.22. The number of benzene rings is 2. The van der Waals surface area contributed by atoms with Crippen molar-refractivity contribution in [1.82, 2.24) is 26.6 Å². The van der Waals surface area contributed by atoms with Gasteiger partial charge in [-0.1, -0.05) is 70.5 Å². The summed E-state index contributed by atoms with van der Waals surface area (Å²) in [5, 5.41) is 12.6. The van der Waals surface area contributed by atoms with E-state index in [-0.39, 0.29) is 37.5 Å². The molecule has 0 spiro atoms. The van der Waals surface area contributed by atoms with Crippen LogP contribution in [0.4, 0.5) is 0 Å². The Labute approximate surface area is 268 Å². The van der Waals surface area contributed by atoms with Crippen molar-refractivity contribution >= 4 is 56.8 Å². The van der Waals surface area contributed by atoms with E-state index in [1.807, 2.05) is 42.5 Å². The van der Waals surface area contributed by atoms with Crippen molar-refractivity contribution in [2.45, 2.75) is 32.4 Å². The van der Waals surface area contributed by atoms with Crippen LogP contribution in [0.1, 0.15) is 26.4 Å². The maximum atomic E-state index is 12.9. The number of nitrogens with one attached hydrogen (secondary N) is 5. The molecule has 11 nitrogen and oxygen atoms in total. The molecule has 234 valence electrons. The Bertz CT molecular complexity index is 1420. The zero-order valence-electron chi connectivity index (χ0n) is 24.3. The van der Waals surface area contributed by atoms with E-state index in [0.717, 1.165) is 17.5 Å². The van der Waals surface area contributed by atoms with E-state index in [1.54, 1.807) is 11.3 Å². The maximum Gasteiger partial charge on any atom is 0.243 e. The number of hydrogen-bond acceptors (Lipinski definition) is 7. The average molecular weight is 687 g/mol. The normalized spacial score (nSPS) is 11.2. The summed E-state index contributed by atoms with van der Waals surface area (Å²) in [7, 11) is 0. The van der Waals surface area contributed by atoms with Gasteiger partial charge in [0, 0.05) is 22.6 Å². The van der Waals surface area contributed by atoms with Crippen molar-refractivity contribution in [2.75, 3.05) is 31.7 Å². The van der Waals surface area contributed by atoms with E-state index < -0.39 is 36.2 Å².